The number of benzene rings is 2. The predicted molar refractivity (Wildman–Crippen MR) is 113 cm³/mol. The molecule has 0 spiro atoms. The van der Waals surface area contributed by atoms with Crippen LogP contribution in [0.25, 0.3) is 22.2 Å². The van der Waals surface area contributed by atoms with Crippen LogP contribution in [-0.2, 0) is 9.73 Å². The van der Waals surface area contributed by atoms with Gasteiger partial charge in [0.2, 0.25) is 0 Å². The number of hydrogen-bond donors (Lipinski definition) is 0. The largest absolute Gasteiger partial charge is 0.250 e. The van der Waals surface area contributed by atoms with Crippen LogP contribution in [-0.4, -0.2) is 32.7 Å². The van der Waals surface area contributed by atoms with Gasteiger partial charge < -0.3 is 0 Å². The summed E-state index contributed by atoms with van der Waals surface area (Å²) in [5.74, 6) is 2.61. The quantitative estimate of drug-likeness (QED) is 0.637. The molecular weight excluding hydrogens is 354 g/mol. The van der Waals surface area contributed by atoms with Crippen molar-refractivity contribution < 1.29 is 4.21 Å². The zero-order valence-electron chi connectivity index (χ0n) is 16.1. The molecule has 2 aromatic carbocycles. The molecule has 5 heteroatoms. The Kier molecular flexibility index (Phi) is 4.72. The maximum Gasteiger partial charge on any atom is 0.126 e. The third kappa shape index (κ3) is 3.61. The van der Waals surface area contributed by atoms with E-state index in [4.69, 9.17) is 4.98 Å². The number of nitrogens with zero attached hydrogens (tertiary/aromatic N) is 3. The molecule has 27 heavy (non-hydrogen) atoms. The van der Waals surface area contributed by atoms with Crippen LogP contribution < -0.4 is 0 Å². The average molecular weight is 380 g/mol. The van der Waals surface area contributed by atoms with Crippen molar-refractivity contribution in [1.82, 2.24) is 9.97 Å². The van der Waals surface area contributed by atoms with Gasteiger partial charge in [-0.25, -0.2) is 18.5 Å². The second-order valence-corrected chi connectivity index (χ2v) is 10.1. The van der Waals surface area contributed by atoms with Crippen molar-refractivity contribution >= 4 is 20.6 Å². The zero-order chi connectivity index (χ0) is 19.0. The number of aryl methyl sites for hydroxylation is 2. The minimum atomic E-state index is -1.97. The van der Waals surface area contributed by atoms with Gasteiger partial charge in [0.1, 0.15) is 5.82 Å². The molecule has 0 atom stereocenters. The van der Waals surface area contributed by atoms with Crippen molar-refractivity contribution in [2.75, 3.05) is 18.6 Å². The minimum absolute atomic E-state index is 0.428. The van der Waals surface area contributed by atoms with Gasteiger partial charge in [0, 0.05) is 39.2 Å². The van der Waals surface area contributed by atoms with Crippen LogP contribution >= 0.6 is 0 Å². The van der Waals surface area contributed by atoms with Gasteiger partial charge >= 0.3 is 0 Å². The Morgan fingerprint density at radius 2 is 1.81 bits per heavy atom. The van der Waals surface area contributed by atoms with E-state index in [1.807, 2.05) is 6.92 Å². The van der Waals surface area contributed by atoms with E-state index < -0.39 is 9.73 Å². The maximum atomic E-state index is 12.5. The molecule has 0 N–H and O–H groups in total. The molecule has 3 aromatic rings. The van der Waals surface area contributed by atoms with Gasteiger partial charge in [-0.1, -0.05) is 29.8 Å². The summed E-state index contributed by atoms with van der Waals surface area (Å²) >= 11 is 0. The molecule has 0 saturated carbocycles. The van der Waals surface area contributed by atoms with Crippen LogP contribution in [0.4, 0.5) is 0 Å². The Bertz CT molecular complexity index is 1120. The third-order valence-corrected chi connectivity index (χ3v) is 7.91. The standard InChI is InChI=1S/C22H25N3OS/c1-15-5-4-6-19(13-15)22-20-14-18(7-8-21(20)24-16(2)25-22)17-9-11-27(26,23-3)12-10-17/h4-8,13-14,17H,9-12H2,1-3H3. The van der Waals surface area contributed by atoms with Gasteiger partial charge in [0.05, 0.1) is 11.2 Å². The Labute approximate surface area is 161 Å². The highest BCUT2D eigenvalue weighted by Gasteiger charge is 2.24. The molecule has 0 bridgehead atoms. The summed E-state index contributed by atoms with van der Waals surface area (Å²) in [6.45, 7) is 4.04. The fourth-order valence-electron chi connectivity index (χ4n) is 3.94. The van der Waals surface area contributed by atoms with E-state index >= 15 is 0 Å². The molecule has 4 nitrogen and oxygen atoms in total. The smallest absolute Gasteiger partial charge is 0.126 e. The molecule has 0 aliphatic carbocycles. The second-order valence-electron chi connectivity index (χ2n) is 7.40. The number of fused-ring (bicyclic) bond motifs is 1. The predicted octanol–water partition coefficient (Wildman–Crippen LogP) is 4.89. The fourth-order valence-corrected chi connectivity index (χ4v) is 5.82. The lowest BCUT2D eigenvalue weighted by Crippen LogP contribution is -2.22. The van der Waals surface area contributed by atoms with Crippen molar-refractivity contribution in [3.8, 4) is 11.3 Å². The molecule has 2 heterocycles. The van der Waals surface area contributed by atoms with Crippen molar-refractivity contribution in [3.63, 3.8) is 0 Å². The summed E-state index contributed by atoms with van der Waals surface area (Å²) < 4.78 is 16.6. The molecule has 1 fully saturated rings. The summed E-state index contributed by atoms with van der Waals surface area (Å²) in [5, 5.41) is 1.09. The normalized spacial score (nSPS) is 22.7. The first-order chi connectivity index (χ1) is 13.0. The molecule has 0 radical (unpaired) electrons. The Balaban J connectivity index is 1.79. The monoisotopic (exact) mass is 379 g/mol. The van der Waals surface area contributed by atoms with E-state index in [0.717, 1.165) is 40.8 Å². The van der Waals surface area contributed by atoms with Crippen LogP contribution in [0, 0.1) is 13.8 Å². The van der Waals surface area contributed by atoms with E-state index in [2.05, 4.69) is 58.7 Å². The molecule has 0 unspecified atom stereocenters. The van der Waals surface area contributed by atoms with Crippen molar-refractivity contribution in [2.45, 2.75) is 32.6 Å². The van der Waals surface area contributed by atoms with E-state index in [1.54, 1.807) is 7.05 Å². The fraction of sp³-hybridized carbons (Fsp3) is 0.364. The van der Waals surface area contributed by atoms with Gasteiger partial charge in [-0.3, -0.25) is 0 Å². The molecule has 0 amide bonds. The molecule has 4 rings (SSSR count). The number of hydrogen-bond acceptors (Lipinski definition) is 4. The summed E-state index contributed by atoms with van der Waals surface area (Å²) in [4.78, 5) is 9.40. The minimum Gasteiger partial charge on any atom is -0.250 e. The Morgan fingerprint density at radius 1 is 1.04 bits per heavy atom. The van der Waals surface area contributed by atoms with Crippen molar-refractivity contribution in [3.05, 3.63) is 59.4 Å². The van der Waals surface area contributed by atoms with E-state index in [9.17, 15) is 4.21 Å². The number of aromatic nitrogens is 2. The molecule has 1 aliphatic heterocycles. The lowest BCUT2D eigenvalue weighted by molar-refractivity contribution is 0.599. The van der Waals surface area contributed by atoms with E-state index in [0.29, 0.717) is 17.4 Å². The first-order valence-corrected chi connectivity index (χ1v) is 11.3. The second kappa shape index (κ2) is 7.04. The number of rotatable bonds is 2. The van der Waals surface area contributed by atoms with Crippen molar-refractivity contribution in [2.24, 2.45) is 4.36 Å². The van der Waals surface area contributed by atoms with Crippen molar-refractivity contribution in [1.29, 1.82) is 0 Å². The summed E-state index contributed by atoms with van der Waals surface area (Å²) in [7, 11) is -0.286. The lowest BCUT2D eigenvalue weighted by Gasteiger charge is -2.25. The highest BCUT2D eigenvalue weighted by Crippen LogP contribution is 2.34. The van der Waals surface area contributed by atoms with E-state index in [1.165, 1.54) is 11.1 Å². The van der Waals surface area contributed by atoms with Gasteiger partial charge in [-0.15, -0.1) is 0 Å². The average Bonchev–Trinajstić information content (AvgIpc) is 2.68. The molecule has 1 aromatic heterocycles. The van der Waals surface area contributed by atoms with Crippen LogP contribution in [0.15, 0.2) is 46.8 Å². The van der Waals surface area contributed by atoms with Gasteiger partial charge in [-0.2, -0.15) is 0 Å². The third-order valence-electron chi connectivity index (χ3n) is 5.50. The van der Waals surface area contributed by atoms with Crippen LogP contribution in [0.2, 0.25) is 0 Å². The Morgan fingerprint density at radius 3 is 2.52 bits per heavy atom. The van der Waals surface area contributed by atoms with Gasteiger partial charge in [0.15, 0.2) is 0 Å². The summed E-state index contributed by atoms with van der Waals surface area (Å²) in [6, 6.07) is 15.0. The zero-order valence-corrected chi connectivity index (χ0v) is 16.9. The van der Waals surface area contributed by atoms with Gasteiger partial charge in [-0.05, 0) is 56.4 Å². The topological polar surface area (TPSA) is 55.2 Å². The SMILES string of the molecule is CN=S1(=O)CCC(c2ccc3nc(C)nc(-c4cccc(C)c4)c3c2)CC1. The summed E-state index contributed by atoms with van der Waals surface area (Å²) in [6.07, 6.45) is 1.85. The van der Waals surface area contributed by atoms with Gasteiger partial charge in [0.25, 0.3) is 0 Å². The molecular formula is C22H25N3OS. The Hall–Kier alpha value is -2.27. The lowest BCUT2D eigenvalue weighted by atomic mass is 9.91. The molecule has 140 valence electrons. The first kappa shape index (κ1) is 18.1. The van der Waals surface area contributed by atoms with E-state index in [-0.39, 0.29) is 0 Å². The highest BCUT2D eigenvalue weighted by molar-refractivity contribution is 7.93. The molecule has 1 aliphatic rings. The van der Waals surface area contributed by atoms with Crippen LogP contribution in [0.3, 0.4) is 0 Å². The van der Waals surface area contributed by atoms with Crippen LogP contribution in [0.1, 0.15) is 35.7 Å². The first-order valence-electron chi connectivity index (χ1n) is 9.43. The summed E-state index contributed by atoms with van der Waals surface area (Å²) in [5.41, 5.74) is 5.61. The highest BCUT2D eigenvalue weighted by atomic mass is 32.2. The van der Waals surface area contributed by atoms with Crippen LogP contribution in [0.5, 0.6) is 0 Å². The molecule has 1 saturated heterocycles. The maximum absolute atomic E-state index is 12.5.